The first kappa shape index (κ1) is 24.1. The minimum absolute atomic E-state index is 0.0710. The molecule has 186 valence electrons. The van der Waals surface area contributed by atoms with Crippen LogP contribution >= 0.6 is 0 Å². The zero-order valence-corrected chi connectivity index (χ0v) is 20.8. The van der Waals surface area contributed by atoms with Crippen LogP contribution in [0.15, 0.2) is 78.9 Å². The van der Waals surface area contributed by atoms with E-state index in [1.165, 1.54) is 5.56 Å². The molecule has 2 aliphatic heterocycles. The second-order valence-electron chi connectivity index (χ2n) is 9.56. The van der Waals surface area contributed by atoms with Crippen molar-refractivity contribution in [3.05, 3.63) is 90.0 Å². The lowest BCUT2D eigenvalue weighted by molar-refractivity contribution is -0.137. The maximum Gasteiger partial charge on any atom is 0.254 e. The monoisotopic (exact) mass is 483 g/mol. The fourth-order valence-electron chi connectivity index (χ4n) is 5.25. The molecule has 1 atom stereocenters. The van der Waals surface area contributed by atoms with E-state index in [0.29, 0.717) is 25.2 Å². The predicted octanol–water partition coefficient (Wildman–Crippen LogP) is 4.31. The Bertz CT molecular complexity index is 1200. The zero-order chi connectivity index (χ0) is 24.9. The molecule has 6 heteroatoms. The van der Waals surface area contributed by atoms with Gasteiger partial charge in [0.2, 0.25) is 5.91 Å². The smallest absolute Gasteiger partial charge is 0.254 e. The molecule has 0 aliphatic carbocycles. The van der Waals surface area contributed by atoms with E-state index >= 15 is 0 Å². The van der Waals surface area contributed by atoms with Crippen molar-refractivity contribution in [3.8, 4) is 16.9 Å². The normalized spacial score (nSPS) is 18.3. The molecular formula is C30H33N3O3. The SMILES string of the molecule is COc1cccc(-c2cccc(C(=O)N3CCCC3C(=O)N3CCN(Cc4ccccc4)CC3)c2)c1. The largest absolute Gasteiger partial charge is 0.497 e. The fourth-order valence-corrected chi connectivity index (χ4v) is 5.25. The third-order valence-corrected chi connectivity index (χ3v) is 7.24. The summed E-state index contributed by atoms with van der Waals surface area (Å²) in [4.78, 5) is 33.1. The van der Waals surface area contributed by atoms with Crippen LogP contribution < -0.4 is 4.74 Å². The Labute approximate surface area is 213 Å². The van der Waals surface area contributed by atoms with Crippen molar-refractivity contribution in [2.45, 2.75) is 25.4 Å². The van der Waals surface area contributed by atoms with Gasteiger partial charge in [-0.1, -0.05) is 54.6 Å². The highest BCUT2D eigenvalue weighted by atomic mass is 16.5. The number of amides is 2. The standard InChI is InChI=1S/C30H33N3O3/c1-36-27-13-6-11-25(21-27)24-10-5-12-26(20-24)29(34)33-15-7-14-28(33)30(35)32-18-16-31(17-19-32)22-23-8-3-2-4-9-23/h2-6,8-13,20-21,28H,7,14-19,22H2,1H3. The van der Waals surface area contributed by atoms with Gasteiger partial charge in [-0.15, -0.1) is 0 Å². The van der Waals surface area contributed by atoms with Crippen LogP contribution in [0, 0.1) is 0 Å². The highest BCUT2D eigenvalue weighted by Crippen LogP contribution is 2.27. The minimum atomic E-state index is -0.376. The van der Waals surface area contributed by atoms with Gasteiger partial charge in [0.15, 0.2) is 0 Å². The second-order valence-corrected chi connectivity index (χ2v) is 9.56. The van der Waals surface area contributed by atoms with Crippen LogP contribution in [0.25, 0.3) is 11.1 Å². The quantitative estimate of drug-likeness (QED) is 0.524. The third-order valence-electron chi connectivity index (χ3n) is 7.24. The Hall–Kier alpha value is -3.64. The first-order valence-corrected chi connectivity index (χ1v) is 12.7. The molecule has 36 heavy (non-hydrogen) atoms. The lowest BCUT2D eigenvalue weighted by Crippen LogP contribution is -2.54. The third kappa shape index (κ3) is 5.29. The molecular weight excluding hydrogens is 450 g/mol. The summed E-state index contributed by atoms with van der Waals surface area (Å²) in [5.41, 5.74) is 3.85. The number of hydrogen-bond acceptors (Lipinski definition) is 4. The molecule has 6 nitrogen and oxygen atoms in total. The summed E-state index contributed by atoms with van der Waals surface area (Å²) in [6, 6.07) is 25.5. The molecule has 0 bridgehead atoms. The number of ether oxygens (including phenoxy) is 1. The zero-order valence-electron chi connectivity index (χ0n) is 20.8. The van der Waals surface area contributed by atoms with Crippen molar-refractivity contribution in [1.29, 1.82) is 0 Å². The molecule has 5 rings (SSSR count). The van der Waals surface area contributed by atoms with Gasteiger partial charge in [-0.05, 0) is 53.8 Å². The summed E-state index contributed by atoms with van der Waals surface area (Å²) in [6.07, 6.45) is 1.58. The van der Waals surface area contributed by atoms with E-state index in [1.54, 1.807) is 12.0 Å². The van der Waals surface area contributed by atoms with Crippen LogP contribution in [0.1, 0.15) is 28.8 Å². The summed E-state index contributed by atoms with van der Waals surface area (Å²) < 4.78 is 5.35. The number of carbonyl (C=O) groups is 2. The molecule has 0 N–H and O–H groups in total. The highest BCUT2D eigenvalue weighted by molar-refractivity contribution is 5.99. The molecule has 2 amide bonds. The van der Waals surface area contributed by atoms with Crippen molar-refractivity contribution in [2.24, 2.45) is 0 Å². The molecule has 2 aliphatic rings. The van der Waals surface area contributed by atoms with Crippen LogP contribution in [0.5, 0.6) is 5.75 Å². The Balaban J connectivity index is 1.24. The maximum atomic E-state index is 13.5. The number of likely N-dealkylation sites (tertiary alicyclic amines) is 1. The summed E-state index contributed by atoms with van der Waals surface area (Å²) in [5, 5.41) is 0. The first-order chi connectivity index (χ1) is 17.6. The summed E-state index contributed by atoms with van der Waals surface area (Å²) in [5.74, 6) is 0.792. The molecule has 1 unspecified atom stereocenters. The number of carbonyl (C=O) groups excluding carboxylic acids is 2. The maximum absolute atomic E-state index is 13.5. The lowest BCUT2D eigenvalue weighted by Gasteiger charge is -2.37. The van der Waals surface area contributed by atoms with Crippen LogP contribution in [-0.4, -0.2) is 72.4 Å². The van der Waals surface area contributed by atoms with Gasteiger partial charge >= 0.3 is 0 Å². The van der Waals surface area contributed by atoms with Crippen LogP contribution in [0.2, 0.25) is 0 Å². The Morgan fingerprint density at radius 2 is 1.56 bits per heavy atom. The van der Waals surface area contributed by atoms with Gasteiger partial charge in [0.1, 0.15) is 11.8 Å². The van der Waals surface area contributed by atoms with E-state index in [-0.39, 0.29) is 17.9 Å². The van der Waals surface area contributed by atoms with Gasteiger partial charge in [-0.3, -0.25) is 14.5 Å². The Kier molecular flexibility index (Phi) is 7.33. The second kappa shape index (κ2) is 11.0. The van der Waals surface area contributed by atoms with Crippen LogP contribution in [-0.2, 0) is 11.3 Å². The molecule has 2 heterocycles. The van der Waals surface area contributed by atoms with Crippen molar-refractivity contribution in [2.75, 3.05) is 39.8 Å². The van der Waals surface area contributed by atoms with Crippen LogP contribution in [0.3, 0.4) is 0 Å². The Morgan fingerprint density at radius 1 is 0.833 bits per heavy atom. The average Bonchev–Trinajstić information content (AvgIpc) is 3.43. The summed E-state index contributed by atoms with van der Waals surface area (Å²) >= 11 is 0. The van der Waals surface area contributed by atoms with Crippen molar-refractivity contribution in [1.82, 2.24) is 14.7 Å². The molecule has 0 aromatic heterocycles. The average molecular weight is 484 g/mol. The number of benzene rings is 3. The number of nitrogens with zero attached hydrogens (tertiary/aromatic N) is 3. The van der Waals surface area contributed by atoms with E-state index in [1.807, 2.05) is 59.5 Å². The van der Waals surface area contributed by atoms with Crippen molar-refractivity contribution in [3.63, 3.8) is 0 Å². The van der Waals surface area contributed by atoms with Gasteiger partial charge in [0.25, 0.3) is 5.91 Å². The molecule has 3 aromatic carbocycles. The molecule has 0 spiro atoms. The molecule has 0 radical (unpaired) electrons. The number of methoxy groups -OCH3 is 1. The fraction of sp³-hybridized carbons (Fsp3) is 0.333. The van der Waals surface area contributed by atoms with Gasteiger partial charge in [-0.2, -0.15) is 0 Å². The number of rotatable bonds is 6. The van der Waals surface area contributed by atoms with E-state index in [2.05, 4.69) is 29.2 Å². The van der Waals surface area contributed by atoms with E-state index in [9.17, 15) is 9.59 Å². The van der Waals surface area contributed by atoms with Gasteiger partial charge < -0.3 is 14.5 Å². The van der Waals surface area contributed by atoms with Crippen molar-refractivity contribution >= 4 is 11.8 Å². The molecule has 2 saturated heterocycles. The topological polar surface area (TPSA) is 53.1 Å². The van der Waals surface area contributed by atoms with E-state index in [0.717, 1.165) is 49.4 Å². The highest BCUT2D eigenvalue weighted by Gasteiger charge is 2.37. The van der Waals surface area contributed by atoms with E-state index in [4.69, 9.17) is 4.74 Å². The molecule has 0 saturated carbocycles. The number of piperazine rings is 1. The van der Waals surface area contributed by atoms with Crippen molar-refractivity contribution < 1.29 is 14.3 Å². The van der Waals surface area contributed by atoms with E-state index < -0.39 is 0 Å². The molecule has 3 aromatic rings. The lowest BCUT2D eigenvalue weighted by atomic mass is 10.0. The predicted molar refractivity (Wildman–Crippen MR) is 141 cm³/mol. The van der Waals surface area contributed by atoms with Gasteiger partial charge in [-0.25, -0.2) is 0 Å². The number of hydrogen-bond donors (Lipinski definition) is 0. The van der Waals surface area contributed by atoms with Gasteiger partial charge in [0, 0.05) is 44.8 Å². The Morgan fingerprint density at radius 3 is 2.31 bits per heavy atom. The summed E-state index contributed by atoms with van der Waals surface area (Å²) in [7, 11) is 1.65. The minimum Gasteiger partial charge on any atom is -0.497 e. The van der Waals surface area contributed by atoms with Gasteiger partial charge in [0.05, 0.1) is 7.11 Å². The first-order valence-electron chi connectivity index (χ1n) is 12.7. The van der Waals surface area contributed by atoms with Crippen LogP contribution in [0.4, 0.5) is 0 Å². The molecule has 2 fully saturated rings. The summed E-state index contributed by atoms with van der Waals surface area (Å²) in [6.45, 7) is 4.63.